The molecular formula is C17H21N3O2. The number of hydrogen-bond donors (Lipinski definition) is 2. The van der Waals surface area contributed by atoms with Crippen LogP contribution in [0.4, 0.5) is 0 Å². The number of rotatable bonds is 5. The topological polar surface area (TPSA) is 81.1 Å². The molecule has 22 heavy (non-hydrogen) atoms. The van der Waals surface area contributed by atoms with Gasteiger partial charge in [0.25, 0.3) is 5.91 Å². The summed E-state index contributed by atoms with van der Waals surface area (Å²) in [5.41, 5.74) is 8.76. The van der Waals surface area contributed by atoms with Gasteiger partial charge < -0.3 is 15.5 Å². The number of hydrogen-bond acceptors (Lipinski definition) is 4. The van der Waals surface area contributed by atoms with Crippen molar-refractivity contribution in [2.45, 2.75) is 44.7 Å². The number of carbonyl (C=O) groups is 1. The third-order valence-electron chi connectivity index (χ3n) is 4.11. The van der Waals surface area contributed by atoms with E-state index >= 15 is 0 Å². The van der Waals surface area contributed by atoms with Gasteiger partial charge >= 0.3 is 0 Å². The highest BCUT2D eigenvalue weighted by Crippen LogP contribution is 2.30. The zero-order valence-corrected chi connectivity index (χ0v) is 12.7. The van der Waals surface area contributed by atoms with Gasteiger partial charge in [0.2, 0.25) is 5.89 Å². The number of nitrogens with one attached hydrogen (secondary N) is 1. The highest BCUT2D eigenvalue weighted by molar-refractivity contribution is 5.92. The van der Waals surface area contributed by atoms with Crippen molar-refractivity contribution in [2.24, 2.45) is 5.73 Å². The molecule has 1 heterocycles. The van der Waals surface area contributed by atoms with Crippen LogP contribution in [0.2, 0.25) is 0 Å². The molecule has 1 aromatic heterocycles. The molecular weight excluding hydrogens is 278 g/mol. The largest absolute Gasteiger partial charge is 0.446 e. The number of amides is 1. The number of nitrogens with zero attached hydrogens (tertiary/aromatic N) is 1. The van der Waals surface area contributed by atoms with Crippen LogP contribution in [0, 0.1) is 0 Å². The maximum atomic E-state index is 12.3. The Balaban J connectivity index is 1.68. The molecule has 0 fully saturated rings. The molecule has 2 aromatic rings. The van der Waals surface area contributed by atoms with E-state index in [1.807, 2.05) is 19.1 Å². The van der Waals surface area contributed by atoms with Crippen LogP contribution in [0.5, 0.6) is 0 Å². The van der Waals surface area contributed by atoms with E-state index in [0.29, 0.717) is 11.6 Å². The molecule has 5 nitrogen and oxygen atoms in total. The molecule has 3 rings (SSSR count). The van der Waals surface area contributed by atoms with Crippen molar-refractivity contribution in [1.29, 1.82) is 0 Å². The maximum absolute atomic E-state index is 12.3. The molecule has 2 atom stereocenters. The van der Waals surface area contributed by atoms with Crippen LogP contribution in [0.1, 0.15) is 65.8 Å². The van der Waals surface area contributed by atoms with Gasteiger partial charge in [-0.05, 0) is 30.4 Å². The van der Waals surface area contributed by atoms with E-state index < -0.39 is 0 Å². The van der Waals surface area contributed by atoms with E-state index in [1.165, 1.54) is 17.4 Å². The quantitative estimate of drug-likeness (QED) is 0.889. The average molecular weight is 299 g/mol. The van der Waals surface area contributed by atoms with Gasteiger partial charge in [-0.2, -0.15) is 0 Å². The Bertz CT molecular complexity index is 665. The lowest BCUT2D eigenvalue weighted by atomic mass is 10.1. The van der Waals surface area contributed by atoms with Crippen molar-refractivity contribution < 1.29 is 9.21 Å². The third-order valence-corrected chi connectivity index (χ3v) is 4.11. The Morgan fingerprint density at radius 3 is 3.14 bits per heavy atom. The fourth-order valence-electron chi connectivity index (χ4n) is 2.94. The first-order valence-electron chi connectivity index (χ1n) is 7.78. The first kappa shape index (κ1) is 14.8. The van der Waals surface area contributed by atoms with Crippen molar-refractivity contribution in [3.63, 3.8) is 0 Å². The monoisotopic (exact) mass is 299 g/mol. The van der Waals surface area contributed by atoms with Crippen molar-refractivity contribution >= 4 is 5.91 Å². The summed E-state index contributed by atoms with van der Waals surface area (Å²) in [6.45, 7) is 2.05. The van der Waals surface area contributed by atoms with Crippen LogP contribution in [0.3, 0.4) is 0 Å². The second kappa shape index (κ2) is 6.32. The molecule has 3 N–H and O–H groups in total. The predicted octanol–water partition coefficient (Wildman–Crippen LogP) is 2.89. The first-order chi connectivity index (χ1) is 10.7. The lowest BCUT2D eigenvalue weighted by molar-refractivity contribution is 0.0931. The van der Waals surface area contributed by atoms with Gasteiger partial charge in [0.05, 0.1) is 12.1 Å². The summed E-state index contributed by atoms with van der Waals surface area (Å²) in [4.78, 5) is 16.6. The summed E-state index contributed by atoms with van der Waals surface area (Å²) in [5, 5.41) is 3.03. The standard InChI is InChI=1S/C17H21N3O2/c1-2-5-13(18)17-20-15(10-22-17)16(21)19-14-9-8-11-6-3-4-7-12(11)14/h3-4,6-7,10,13-14H,2,5,8-9,18H2,1H3,(H,19,21). The van der Waals surface area contributed by atoms with E-state index in [0.717, 1.165) is 25.7 Å². The van der Waals surface area contributed by atoms with Gasteiger partial charge in [-0.25, -0.2) is 4.98 Å². The minimum absolute atomic E-state index is 0.0492. The van der Waals surface area contributed by atoms with E-state index in [-0.39, 0.29) is 18.0 Å². The smallest absolute Gasteiger partial charge is 0.273 e. The molecule has 0 saturated heterocycles. The Kier molecular flexibility index (Phi) is 4.24. The maximum Gasteiger partial charge on any atom is 0.273 e. The van der Waals surface area contributed by atoms with E-state index in [1.54, 1.807) is 0 Å². The van der Waals surface area contributed by atoms with Crippen LogP contribution < -0.4 is 11.1 Å². The zero-order valence-electron chi connectivity index (χ0n) is 12.7. The number of nitrogens with two attached hydrogens (primary N) is 1. The Morgan fingerprint density at radius 1 is 1.50 bits per heavy atom. The molecule has 1 amide bonds. The highest BCUT2D eigenvalue weighted by Gasteiger charge is 2.25. The molecule has 1 aliphatic rings. The van der Waals surface area contributed by atoms with Gasteiger partial charge in [-0.15, -0.1) is 0 Å². The Morgan fingerprint density at radius 2 is 2.32 bits per heavy atom. The third kappa shape index (κ3) is 2.90. The molecule has 0 radical (unpaired) electrons. The molecule has 1 aromatic carbocycles. The van der Waals surface area contributed by atoms with Crippen LogP contribution in [-0.4, -0.2) is 10.9 Å². The summed E-state index contributed by atoms with van der Waals surface area (Å²) < 4.78 is 5.34. The molecule has 116 valence electrons. The number of fused-ring (bicyclic) bond motifs is 1. The summed E-state index contributed by atoms with van der Waals surface area (Å²) in [5.74, 6) is 0.222. The van der Waals surface area contributed by atoms with Gasteiger partial charge in [0, 0.05) is 0 Å². The van der Waals surface area contributed by atoms with E-state index in [9.17, 15) is 4.79 Å². The van der Waals surface area contributed by atoms with Gasteiger partial charge in [0.15, 0.2) is 5.69 Å². The van der Waals surface area contributed by atoms with Crippen molar-refractivity contribution in [2.75, 3.05) is 0 Å². The molecule has 1 aliphatic carbocycles. The second-order valence-corrected chi connectivity index (χ2v) is 5.73. The van der Waals surface area contributed by atoms with Crippen LogP contribution in [-0.2, 0) is 6.42 Å². The van der Waals surface area contributed by atoms with Crippen molar-refractivity contribution in [1.82, 2.24) is 10.3 Å². The lowest BCUT2D eigenvalue weighted by Gasteiger charge is -2.12. The van der Waals surface area contributed by atoms with Crippen molar-refractivity contribution in [3.8, 4) is 0 Å². The molecule has 5 heteroatoms. The number of benzene rings is 1. The number of oxazole rings is 1. The SMILES string of the molecule is CCCC(N)c1nc(C(=O)NC2CCc3ccccc32)co1. The predicted molar refractivity (Wildman–Crippen MR) is 83.3 cm³/mol. The zero-order chi connectivity index (χ0) is 15.5. The normalized spacial score (nSPS) is 18.0. The summed E-state index contributed by atoms with van der Waals surface area (Å²) in [7, 11) is 0. The summed E-state index contributed by atoms with van der Waals surface area (Å²) in [6.07, 6.45) is 5.04. The van der Waals surface area contributed by atoms with Crippen LogP contribution in [0.15, 0.2) is 34.9 Å². The number of aromatic nitrogens is 1. The Labute approximate surface area is 129 Å². The van der Waals surface area contributed by atoms with Crippen molar-refractivity contribution in [3.05, 3.63) is 53.2 Å². The molecule has 0 bridgehead atoms. The Hall–Kier alpha value is -2.14. The summed E-state index contributed by atoms with van der Waals surface area (Å²) >= 11 is 0. The van der Waals surface area contributed by atoms with Crippen LogP contribution in [0.25, 0.3) is 0 Å². The van der Waals surface area contributed by atoms with Crippen LogP contribution >= 0.6 is 0 Å². The van der Waals surface area contributed by atoms with Gasteiger partial charge in [-0.3, -0.25) is 4.79 Å². The minimum atomic E-state index is -0.251. The molecule has 2 unspecified atom stereocenters. The molecule has 0 aliphatic heterocycles. The first-order valence-corrected chi connectivity index (χ1v) is 7.78. The highest BCUT2D eigenvalue weighted by atomic mass is 16.3. The van der Waals surface area contributed by atoms with E-state index in [2.05, 4.69) is 22.4 Å². The van der Waals surface area contributed by atoms with E-state index in [4.69, 9.17) is 10.2 Å². The average Bonchev–Trinajstić information content (AvgIpc) is 3.15. The van der Waals surface area contributed by atoms with Gasteiger partial charge in [0.1, 0.15) is 6.26 Å². The molecule has 0 spiro atoms. The fourth-order valence-corrected chi connectivity index (χ4v) is 2.94. The fraction of sp³-hybridized carbons (Fsp3) is 0.412. The number of carbonyl (C=O) groups excluding carboxylic acids is 1. The summed E-state index contributed by atoms with van der Waals surface area (Å²) in [6, 6.07) is 8.01. The van der Waals surface area contributed by atoms with Gasteiger partial charge in [-0.1, -0.05) is 37.6 Å². The lowest BCUT2D eigenvalue weighted by Crippen LogP contribution is -2.27. The number of aryl methyl sites for hydroxylation is 1. The molecule has 0 saturated carbocycles. The second-order valence-electron chi connectivity index (χ2n) is 5.73. The minimum Gasteiger partial charge on any atom is -0.446 e.